The summed E-state index contributed by atoms with van der Waals surface area (Å²) in [5.74, 6) is 1.30. The Morgan fingerprint density at radius 3 is 2.81 bits per heavy atom. The molecule has 0 amide bonds. The molecule has 1 aliphatic carbocycles. The summed E-state index contributed by atoms with van der Waals surface area (Å²) < 4.78 is 2.41. The highest BCUT2D eigenvalue weighted by molar-refractivity contribution is 6.31. The van der Waals surface area contributed by atoms with Crippen molar-refractivity contribution in [3.05, 3.63) is 35.0 Å². The molecule has 21 heavy (non-hydrogen) atoms. The average Bonchev–Trinajstić information content (AvgIpc) is 3.11. The summed E-state index contributed by atoms with van der Waals surface area (Å²) in [5.41, 5.74) is 8.51. The van der Waals surface area contributed by atoms with Crippen molar-refractivity contribution in [2.45, 2.75) is 51.5 Å². The van der Waals surface area contributed by atoms with Crippen LogP contribution in [-0.2, 0) is 6.54 Å². The minimum absolute atomic E-state index is 0.374. The minimum Gasteiger partial charge on any atom is -0.347 e. The van der Waals surface area contributed by atoms with Crippen LogP contribution in [0.15, 0.2) is 24.4 Å². The number of rotatable bonds is 5. The van der Waals surface area contributed by atoms with E-state index in [0.29, 0.717) is 12.5 Å². The molecule has 0 bridgehead atoms. The highest BCUT2D eigenvalue weighted by Gasteiger charge is 2.17. The van der Waals surface area contributed by atoms with Gasteiger partial charge in [-0.2, -0.15) is 0 Å². The fourth-order valence-corrected chi connectivity index (χ4v) is 3.79. The first-order chi connectivity index (χ1) is 10.2. The lowest BCUT2D eigenvalue weighted by molar-refractivity contribution is 0.463. The third-order valence-electron chi connectivity index (χ3n) is 5.01. The van der Waals surface area contributed by atoms with Crippen molar-refractivity contribution in [1.82, 2.24) is 4.57 Å². The number of aryl methyl sites for hydroxylation is 1. The van der Waals surface area contributed by atoms with Gasteiger partial charge in [-0.05, 0) is 48.6 Å². The van der Waals surface area contributed by atoms with Gasteiger partial charge in [-0.3, -0.25) is 0 Å². The number of hydrogen-bond donors (Lipinski definition) is 1. The summed E-state index contributed by atoms with van der Waals surface area (Å²) in [6.07, 6.45) is 9.26. The van der Waals surface area contributed by atoms with Crippen molar-refractivity contribution in [3.63, 3.8) is 0 Å². The molecular weight excluding hydrogens is 280 g/mol. The standard InChI is InChI=1S/C18H25ClN2/c1-13(11-20)17-12-21(9-8-14-4-2-3-5-14)18-7-6-15(19)10-16(17)18/h6-7,10,12-14H,2-5,8-9,11,20H2,1H3. The van der Waals surface area contributed by atoms with E-state index in [1.807, 2.05) is 6.07 Å². The Morgan fingerprint density at radius 1 is 1.33 bits per heavy atom. The van der Waals surface area contributed by atoms with Crippen molar-refractivity contribution in [1.29, 1.82) is 0 Å². The van der Waals surface area contributed by atoms with Crippen molar-refractivity contribution in [3.8, 4) is 0 Å². The monoisotopic (exact) mass is 304 g/mol. The first-order valence-electron chi connectivity index (χ1n) is 8.17. The highest BCUT2D eigenvalue weighted by atomic mass is 35.5. The molecule has 2 aromatic rings. The van der Waals surface area contributed by atoms with Gasteiger partial charge in [0.05, 0.1) is 0 Å². The number of halogens is 1. The molecule has 1 unspecified atom stereocenters. The van der Waals surface area contributed by atoms with Gasteiger partial charge in [-0.15, -0.1) is 0 Å². The number of nitrogens with zero attached hydrogens (tertiary/aromatic N) is 1. The van der Waals surface area contributed by atoms with E-state index in [0.717, 1.165) is 17.5 Å². The second-order valence-corrected chi connectivity index (χ2v) is 6.95. The van der Waals surface area contributed by atoms with Crippen LogP contribution < -0.4 is 5.73 Å². The molecule has 3 heteroatoms. The van der Waals surface area contributed by atoms with Gasteiger partial charge in [-0.25, -0.2) is 0 Å². The van der Waals surface area contributed by atoms with E-state index in [1.165, 1.54) is 48.6 Å². The van der Waals surface area contributed by atoms with Crippen LogP contribution in [0.4, 0.5) is 0 Å². The molecule has 2 nitrogen and oxygen atoms in total. The molecule has 1 saturated carbocycles. The van der Waals surface area contributed by atoms with Crippen molar-refractivity contribution >= 4 is 22.5 Å². The Hall–Kier alpha value is -0.990. The Labute approximate surface area is 132 Å². The van der Waals surface area contributed by atoms with Gasteiger partial charge in [0.2, 0.25) is 0 Å². The zero-order valence-electron chi connectivity index (χ0n) is 12.8. The van der Waals surface area contributed by atoms with E-state index in [2.05, 4.69) is 29.8 Å². The van der Waals surface area contributed by atoms with Crippen LogP contribution in [0.2, 0.25) is 5.02 Å². The number of nitrogens with two attached hydrogens (primary N) is 1. The fraction of sp³-hybridized carbons (Fsp3) is 0.556. The minimum atomic E-state index is 0.374. The van der Waals surface area contributed by atoms with Crippen LogP contribution in [0.1, 0.15) is 50.5 Å². The van der Waals surface area contributed by atoms with Gasteiger partial charge in [0.25, 0.3) is 0 Å². The predicted octanol–water partition coefficient (Wildman–Crippen LogP) is 4.94. The second-order valence-electron chi connectivity index (χ2n) is 6.52. The summed E-state index contributed by atoms with van der Waals surface area (Å²) in [6, 6.07) is 6.23. The molecule has 1 aromatic carbocycles. The van der Waals surface area contributed by atoms with Crippen molar-refractivity contribution < 1.29 is 0 Å². The smallest absolute Gasteiger partial charge is 0.0484 e. The lowest BCUT2D eigenvalue weighted by Gasteiger charge is -2.10. The maximum absolute atomic E-state index is 6.19. The SMILES string of the molecule is CC(CN)c1cn(CCC2CCCC2)c2ccc(Cl)cc12. The Kier molecular flexibility index (Phi) is 4.56. The van der Waals surface area contributed by atoms with E-state index in [4.69, 9.17) is 17.3 Å². The van der Waals surface area contributed by atoms with E-state index in [1.54, 1.807) is 0 Å². The van der Waals surface area contributed by atoms with Gasteiger partial charge in [0.15, 0.2) is 0 Å². The normalized spacial score (nSPS) is 17.7. The Bertz CT molecular complexity index is 611. The lowest BCUT2D eigenvalue weighted by atomic mass is 10.0. The topological polar surface area (TPSA) is 30.9 Å². The maximum Gasteiger partial charge on any atom is 0.0484 e. The van der Waals surface area contributed by atoms with Crippen molar-refractivity contribution in [2.24, 2.45) is 11.7 Å². The van der Waals surface area contributed by atoms with Crippen LogP contribution in [0, 0.1) is 5.92 Å². The van der Waals surface area contributed by atoms with Crippen LogP contribution in [0.25, 0.3) is 10.9 Å². The summed E-state index contributed by atoms with van der Waals surface area (Å²) in [4.78, 5) is 0. The molecule has 1 aromatic heterocycles. The van der Waals surface area contributed by atoms with Crippen LogP contribution >= 0.6 is 11.6 Å². The average molecular weight is 305 g/mol. The number of benzene rings is 1. The Morgan fingerprint density at radius 2 is 2.10 bits per heavy atom. The molecule has 1 fully saturated rings. The fourth-order valence-electron chi connectivity index (χ4n) is 3.62. The molecule has 1 atom stereocenters. The van der Waals surface area contributed by atoms with E-state index < -0.39 is 0 Å². The quantitative estimate of drug-likeness (QED) is 0.833. The first kappa shape index (κ1) is 14.9. The summed E-state index contributed by atoms with van der Waals surface area (Å²) in [7, 11) is 0. The molecular formula is C18H25ClN2. The molecule has 0 radical (unpaired) electrons. The van der Waals surface area contributed by atoms with Crippen molar-refractivity contribution in [2.75, 3.05) is 6.54 Å². The highest BCUT2D eigenvalue weighted by Crippen LogP contribution is 2.32. The van der Waals surface area contributed by atoms with Gasteiger partial charge >= 0.3 is 0 Å². The zero-order chi connectivity index (χ0) is 14.8. The molecule has 1 heterocycles. The third-order valence-corrected chi connectivity index (χ3v) is 5.25. The predicted molar refractivity (Wildman–Crippen MR) is 91.0 cm³/mol. The summed E-state index contributed by atoms with van der Waals surface area (Å²) in [5, 5.41) is 2.08. The van der Waals surface area contributed by atoms with Gasteiger partial charge in [0.1, 0.15) is 0 Å². The second kappa shape index (κ2) is 6.41. The van der Waals surface area contributed by atoms with E-state index >= 15 is 0 Å². The molecule has 1 aliphatic rings. The van der Waals surface area contributed by atoms with Crippen LogP contribution in [0.3, 0.4) is 0 Å². The molecule has 2 N–H and O–H groups in total. The Balaban J connectivity index is 1.90. The number of hydrogen-bond acceptors (Lipinski definition) is 1. The van der Waals surface area contributed by atoms with E-state index in [9.17, 15) is 0 Å². The van der Waals surface area contributed by atoms with Gasteiger partial charge < -0.3 is 10.3 Å². The van der Waals surface area contributed by atoms with Crippen LogP contribution in [0.5, 0.6) is 0 Å². The van der Waals surface area contributed by atoms with Gasteiger partial charge in [-0.1, -0.05) is 44.2 Å². The first-order valence-corrected chi connectivity index (χ1v) is 8.55. The molecule has 0 saturated heterocycles. The molecule has 0 spiro atoms. The van der Waals surface area contributed by atoms with Crippen LogP contribution in [-0.4, -0.2) is 11.1 Å². The molecule has 114 valence electrons. The lowest BCUT2D eigenvalue weighted by Crippen LogP contribution is -2.08. The molecule has 0 aliphatic heterocycles. The maximum atomic E-state index is 6.19. The summed E-state index contributed by atoms with van der Waals surface area (Å²) >= 11 is 6.19. The zero-order valence-corrected chi connectivity index (χ0v) is 13.6. The number of aromatic nitrogens is 1. The van der Waals surface area contributed by atoms with Gasteiger partial charge in [0, 0.05) is 28.7 Å². The largest absolute Gasteiger partial charge is 0.347 e. The summed E-state index contributed by atoms with van der Waals surface area (Å²) in [6.45, 7) is 3.98. The third kappa shape index (κ3) is 3.12. The molecule has 3 rings (SSSR count). The number of fused-ring (bicyclic) bond motifs is 1. The van der Waals surface area contributed by atoms with E-state index in [-0.39, 0.29) is 0 Å².